The molecule has 4 rings (SSSR count). The summed E-state index contributed by atoms with van der Waals surface area (Å²) in [6, 6.07) is 9.90. The highest BCUT2D eigenvalue weighted by molar-refractivity contribution is 7.22. The van der Waals surface area contributed by atoms with Gasteiger partial charge in [-0.15, -0.1) is 0 Å². The van der Waals surface area contributed by atoms with Crippen LogP contribution in [0.2, 0.25) is 0 Å². The molecule has 6 nitrogen and oxygen atoms in total. The minimum atomic E-state index is -0.209. The van der Waals surface area contributed by atoms with Crippen molar-refractivity contribution in [1.82, 2.24) is 19.7 Å². The average Bonchev–Trinajstić information content (AvgIpc) is 3.27. The van der Waals surface area contributed by atoms with Crippen molar-refractivity contribution >= 4 is 32.6 Å². The predicted molar refractivity (Wildman–Crippen MR) is 105 cm³/mol. The lowest BCUT2D eigenvalue weighted by Gasteiger charge is -2.26. The fourth-order valence-corrected chi connectivity index (χ4v) is 4.49. The topological polar surface area (TPSA) is 54.3 Å². The maximum absolute atomic E-state index is 13.0. The van der Waals surface area contributed by atoms with Gasteiger partial charge in [-0.25, -0.2) is 4.98 Å². The lowest BCUT2D eigenvalue weighted by Crippen LogP contribution is -2.39. The van der Waals surface area contributed by atoms with Crippen LogP contribution in [0.1, 0.15) is 25.8 Å². The highest BCUT2D eigenvalue weighted by Crippen LogP contribution is 2.29. The number of carbonyl (C=O) groups excluding carboxylic acids is 1. The van der Waals surface area contributed by atoms with Crippen LogP contribution in [-0.4, -0.2) is 51.8 Å². The van der Waals surface area contributed by atoms with Crippen molar-refractivity contribution in [3.05, 3.63) is 42.7 Å². The summed E-state index contributed by atoms with van der Waals surface area (Å²) in [5.41, 5.74) is 1.05. The fourth-order valence-electron chi connectivity index (χ4n) is 3.48. The fraction of sp³-hybridized carbons (Fsp3) is 0.421. The molecule has 3 heterocycles. The van der Waals surface area contributed by atoms with Crippen LogP contribution in [-0.2, 0) is 4.79 Å². The molecule has 1 saturated heterocycles. The second-order valence-electron chi connectivity index (χ2n) is 6.54. The molecule has 1 aliphatic rings. The third-order valence-corrected chi connectivity index (χ3v) is 5.97. The molecular formula is C19H23N5OS. The molecule has 7 heteroatoms. The van der Waals surface area contributed by atoms with E-state index in [4.69, 9.17) is 4.98 Å². The van der Waals surface area contributed by atoms with Crippen LogP contribution in [0.15, 0.2) is 42.7 Å². The molecule has 0 aliphatic carbocycles. The quantitative estimate of drug-likeness (QED) is 0.709. The molecule has 0 bridgehead atoms. The molecule has 0 spiro atoms. The Morgan fingerprint density at radius 3 is 2.85 bits per heavy atom. The molecule has 1 atom stereocenters. The third kappa shape index (κ3) is 3.31. The van der Waals surface area contributed by atoms with Gasteiger partial charge in [0, 0.05) is 38.6 Å². The van der Waals surface area contributed by atoms with Crippen LogP contribution in [0.4, 0.5) is 5.13 Å². The van der Waals surface area contributed by atoms with Crippen molar-refractivity contribution in [2.24, 2.45) is 0 Å². The zero-order valence-electron chi connectivity index (χ0n) is 14.9. The number of aromatic nitrogens is 3. The van der Waals surface area contributed by atoms with Gasteiger partial charge in [0.2, 0.25) is 5.91 Å². The molecule has 26 heavy (non-hydrogen) atoms. The third-order valence-electron chi connectivity index (χ3n) is 4.88. The number of benzene rings is 1. The van der Waals surface area contributed by atoms with Gasteiger partial charge in [0.05, 0.1) is 10.2 Å². The SMILES string of the molecule is CC[C@@H](C(=O)N1CCCN(c2nc3ccccc3s2)CC1)n1cccn1. The van der Waals surface area contributed by atoms with Crippen LogP contribution < -0.4 is 4.90 Å². The molecular weight excluding hydrogens is 346 g/mol. The summed E-state index contributed by atoms with van der Waals surface area (Å²) in [4.78, 5) is 22.1. The van der Waals surface area contributed by atoms with Crippen molar-refractivity contribution in [3.63, 3.8) is 0 Å². The monoisotopic (exact) mass is 369 g/mol. The Balaban J connectivity index is 1.46. The maximum Gasteiger partial charge on any atom is 0.247 e. The van der Waals surface area contributed by atoms with Crippen LogP contribution in [0, 0.1) is 0 Å². The lowest BCUT2D eigenvalue weighted by molar-refractivity contribution is -0.135. The van der Waals surface area contributed by atoms with Gasteiger partial charge in [0.25, 0.3) is 0 Å². The van der Waals surface area contributed by atoms with E-state index in [1.807, 2.05) is 36.2 Å². The summed E-state index contributed by atoms with van der Waals surface area (Å²) < 4.78 is 2.99. The Morgan fingerprint density at radius 2 is 2.08 bits per heavy atom. The van der Waals surface area contributed by atoms with E-state index in [9.17, 15) is 4.79 Å². The van der Waals surface area contributed by atoms with Gasteiger partial charge >= 0.3 is 0 Å². The van der Waals surface area contributed by atoms with Gasteiger partial charge in [0.15, 0.2) is 5.13 Å². The van der Waals surface area contributed by atoms with Crippen molar-refractivity contribution in [3.8, 4) is 0 Å². The first-order valence-corrected chi connectivity index (χ1v) is 9.96. The van der Waals surface area contributed by atoms with Crippen LogP contribution in [0.25, 0.3) is 10.2 Å². The first-order valence-electron chi connectivity index (χ1n) is 9.14. The molecule has 2 aromatic heterocycles. The summed E-state index contributed by atoms with van der Waals surface area (Å²) in [6.07, 6.45) is 5.31. The molecule has 0 unspecified atom stereocenters. The molecule has 0 N–H and O–H groups in total. The highest BCUT2D eigenvalue weighted by Gasteiger charge is 2.27. The standard InChI is InChI=1S/C19H23N5OS/c1-2-16(24-12-5-9-20-24)18(25)22-10-6-11-23(14-13-22)19-21-15-7-3-4-8-17(15)26-19/h3-5,7-9,12,16H,2,6,10-11,13-14H2,1H3/t16-/m0/s1. The van der Waals surface area contributed by atoms with Crippen LogP contribution >= 0.6 is 11.3 Å². The van der Waals surface area contributed by atoms with Crippen molar-refractivity contribution in [2.45, 2.75) is 25.8 Å². The second kappa shape index (κ2) is 7.45. The van der Waals surface area contributed by atoms with E-state index >= 15 is 0 Å². The summed E-state index contributed by atoms with van der Waals surface area (Å²) in [7, 11) is 0. The Morgan fingerprint density at radius 1 is 1.19 bits per heavy atom. The largest absolute Gasteiger partial charge is 0.346 e. The van der Waals surface area contributed by atoms with Gasteiger partial charge in [0.1, 0.15) is 6.04 Å². The molecule has 136 valence electrons. The number of hydrogen-bond donors (Lipinski definition) is 0. The minimum Gasteiger partial charge on any atom is -0.346 e. The normalized spacial score (nSPS) is 16.7. The number of carbonyl (C=O) groups is 1. The molecule has 1 amide bonds. The van der Waals surface area contributed by atoms with Crippen molar-refractivity contribution in [1.29, 1.82) is 0 Å². The summed E-state index contributed by atoms with van der Waals surface area (Å²) in [6.45, 7) is 5.31. The molecule has 1 aromatic carbocycles. The lowest BCUT2D eigenvalue weighted by atomic mass is 10.2. The number of para-hydroxylation sites is 1. The van der Waals surface area contributed by atoms with E-state index in [1.54, 1.807) is 22.2 Å². The van der Waals surface area contributed by atoms with E-state index in [0.29, 0.717) is 0 Å². The molecule has 1 fully saturated rings. The molecule has 0 saturated carbocycles. The van der Waals surface area contributed by atoms with Crippen molar-refractivity contribution < 1.29 is 4.79 Å². The molecule has 0 radical (unpaired) electrons. The summed E-state index contributed by atoms with van der Waals surface area (Å²) >= 11 is 1.73. The summed E-state index contributed by atoms with van der Waals surface area (Å²) in [5.74, 6) is 0.169. The van der Waals surface area contributed by atoms with Gasteiger partial charge in [-0.3, -0.25) is 9.48 Å². The number of anilines is 1. The zero-order valence-corrected chi connectivity index (χ0v) is 15.7. The van der Waals surface area contributed by atoms with Gasteiger partial charge < -0.3 is 9.80 Å². The molecule has 1 aliphatic heterocycles. The van der Waals surface area contributed by atoms with Crippen LogP contribution in [0.5, 0.6) is 0 Å². The summed E-state index contributed by atoms with van der Waals surface area (Å²) in [5, 5.41) is 5.32. The number of amides is 1. The van der Waals surface area contributed by atoms with Crippen molar-refractivity contribution in [2.75, 3.05) is 31.1 Å². The molecule has 3 aromatic rings. The first-order chi connectivity index (χ1) is 12.8. The Hall–Kier alpha value is -2.41. The Kier molecular flexibility index (Phi) is 4.88. The van der Waals surface area contributed by atoms with E-state index in [2.05, 4.69) is 22.1 Å². The van der Waals surface area contributed by atoms with E-state index in [0.717, 1.165) is 49.7 Å². The average molecular weight is 369 g/mol. The number of nitrogens with zero attached hydrogens (tertiary/aromatic N) is 5. The van der Waals surface area contributed by atoms with E-state index in [1.165, 1.54) is 4.70 Å². The Bertz CT molecular complexity index is 842. The van der Waals surface area contributed by atoms with E-state index in [-0.39, 0.29) is 11.9 Å². The predicted octanol–water partition coefficient (Wildman–Crippen LogP) is 3.18. The smallest absolute Gasteiger partial charge is 0.247 e. The zero-order chi connectivity index (χ0) is 17.9. The van der Waals surface area contributed by atoms with Crippen LogP contribution in [0.3, 0.4) is 0 Å². The van der Waals surface area contributed by atoms with E-state index < -0.39 is 0 Å². The maximum atomic E-state index is 13.0. The first kappa shape index (κ1) is 17.0. The minimum absolute atomic E-state index is 0.169. The number of fused-ring (bicyclic) bond motifs is 1. The van der Waals surface area contributed by atoms with Gasteiger partial charge in [-0.1, -0.05) is 30.4 Å². The number of rotatable bonds is 4. The van der Waals surface area contributed by atoms with Gasteiger partial charge in [-0.05, 0) is 31.0 Å². The second-order valence-corrected chi connectivity index (χ2v) is 7.55. The Labute approximate surface area is 157 Å². The number of thiazole rings is 1. The highest BCUT2D eigenvalue weighted by atomic mass is 32.1. The van der Waals surface area contributed by atoms with Gasteiger partial charge in [-0.2, -0.15) is 5.10 Å². The number of hydrogen-bond acceptors (Lipinski definition) is 5.